The lowest BCUT2D eigenvalue weighted by Crippen LogP contribution is -2.05. The fourth-order valence-electron chi connectivity index (χ4n) is 2.45. The van der Waals surface area contributed by atoms with E-state index in [-0.39, 0.29) is 12.4 Å². The van der Waals surface area contributed by atoms with E-state index < -0.39 is 5.97 Å². The second kappa shape index (κ2) is 7.09. The van der Waals surface area contributed by atoms with E-state index in [2.05, 4.69) is 15.9 Å². The van der Waals surface area contributed by atoms with Gasteiger partial charge in [0.15, 0.2) is 0 Å². The summed E-state index contributed by atoms with van der Waals surface area (Å²) in [6.45, 7) is 4.56. The predicted molar refractivity (Wildman–Crippen MR) is 95.4 cm³/mol. The first kappa shape index (κ1) is 16.6. The average Bonchev–Trinajstić information content (AvgIpc) is 2.91. The molecule has 1 heterocycles. The molecule has 124 valence electrons. The highest BCUT2D eigenvalue weighted by molar-refractivity contribution is 9.10. The number of hydrogen-bond donors (Lipinski definition) is 0. The Bertz CT molecular complexity index is 865. The molecule has 0 amide bonds. The molecule has 0 aliphatic rings. The number of rotatable bonds is 5. The lowest BCUT2D eigenvalue weighted by Gasteiger charge is -2.04. The molecule has 3 aromatic rings. The smallest absolute Gasteiger partial charge is 0.374 e. The number of furan rings is 1. The summed E-state index contributed by atoms with van der Waals surface area (Å²) < 4.78 is 17.5. The molecule has 0 N–H and O–H groups in total. The highest BCUT2D eigenvalue weighted by atomic mass is 79.9. The van der Waals surface area contributed by atoms with Gasteiger partial charge in [0.05, 0.1) is 6.61 Å². The molecule has 0 saturated carbocycles. The van der Waals surface area contributed by atoms with E-state index in [9.17, 15) is 4.79 Å². The van der Waals surface area contributed by atoms with Gasteiger partial charge >= 0.3 is 5.97 Å². The summed E-state index contributed by atoms with van der Waals surface area (Å²) in [6.07, 6.45) is 0. The summed E-state index contributed by atoms with van der Waals surface area (Å²) in [5.41, 5.74) is 2.32. The van der Waals surface area contributed by atoms with E-state index in [1.165, 1.54) is 0 Å². The molecule has 0 aliphatic heterocycles. The van der Waals surface area contributed by atoms with Gasteiger partial charge in [0.1, 0.15) is 17.9 Å². The predicted octanol–water partition coefficient (Wildman–Crippen LogP) is 5.26. The molecular weight excluding hydrogens is 372 g/mol. The summed E-state index contributed by atoms with van der Waals surface area (Å²) >= 11 is 3.38. The summed E-state index contributed by atoms with van der Waals surface area (Å²) in [4.78, 5) is 12.3. The molecule has 0 fully saturated rings. The molecule has 0 radical (unpaired) electrons. The molecule has 3 rings (SSSR count). The van der Waals surface area contributed by atoms with Gasteiger partial charge in [0, 0.05) is 15.4 Å². The summed E-state index contributed by atoms with van der Waals surface area (Å²) in [5, 5.41) is 0.858. The van der Waals surface area contributed by atoms with Crippen LogP contribution in [0.25, 0.3) is 11.0 Å². The van der Waals surface area contributed by atoms with Gasteiger partial charge in [-0.2, -0.15) is 0 Å². The van der Waals surface area contributed by atoms with E-state index >= 15 is 0 Å². The summed E-state index contributed by atoms with van der Waals surface area (Å²) in [7, 11) is 0. The Morgan fingerprint density at radius 1 is 1.17 bits per heavy atom. The monoisotopic (exact) mass is 388 g/mol. The van der Waals surface area contributed by atoms with Gasteiger partial charge < -0.3 is 13.9 Å². The zero-order valence-electron chi connectivity index (χ0n) is 13.5. The highest BCUT2D eigenvalue weighted by Gasteiger charge is 2.19. The molecule has 0 aliphatic carbocycles. The Kier molecular flexibility index (Phi) is 4.90. The molecule has 2 aromatic carbocycles. The van der Waals surface area contributed by atoms with Crippen LogP contribution < -0.4 is 4.74 Å². The van der Waals surface area contributed by atoms with Crippen LogP contribution in [0.5, 0.6) is 5.75 Å². The molecular formula is C19H17BrO4. The van der Waals surface area contributed by atoms with Crippen molar-refractivity contribution in [3.8, 4) is 5.75 Å². The van der Waals surface area contributed by atoms with Crippen molar-refractivity contribution < 1.29 is 18.7 Å². The first-order chi connectivity index (χ1) is 11.6. The van der Waals surface area contributed by atoms with Crippen LogP contribution in [0.3, 0.4) is 0 Å². The SMILES string of the molecule is CCOc1ccc2oc(C(=O)OCc3ccc(Br)cc3)c(C)c2c1. The number of ether oxygens (including phenoxy) is 2. The third kappa shape index (κ3) is 3.46. The molecule has 0 saturated heterocycles. The fourth-order valence-corrected chi connectivity index (χ4v) is 2.71. The Morgan fingerprint density at radius 2 is 1.92 bits per heavy atom. The second-order valence-electron chi connectivity index (χ2n) is 5.35. The van der Waals surface area contributed by atoms with Crippen molar-refractivity contribution in [2.24, 2.45) is 0 Å². The van der Waals surface area contributed by atoms with Crippen molar-refractivity contribution in [3.63, 3.8) is 0 Å². The minimum absolute atomic E-state index is 0.201. The Labute approximate surface area is 148 Å². The van der Waals surface area contributed by atoms with Gasteiger partial charge in [-0.25, -0.2) is 4.79 Å². The zero-order valence-corrected chi connectivity index (χ0v) is 15.1. The van der Waals surface area contributed by atoms with E-state index in [1.54, 1.807) is 6.07 Å². The van der Waals surface area contributed by atoms with E-state index in [1.807, 2.05) is 50.2 Å². The third-order valence-corrected chi connectivity index (χ3v) is 4.22. The van der Waals surface area contributed by atoms with Crippen LogP contribution >= 0.6 is 15.9 Å². The molecule has 0 bridgehead atoms. The van der Waals surface area contributed by atoms with Crippen molar-refractivity contribution in [3.05, 3.63) is 63.8 Å². The zero-order chi connectivity index (χ0) is 17.1. The van der Waals surface area contributed by atoms with Crippen LogP contribution in [0.2, 0.25) is 0 Å². The molecule has 5 heteroatoms. The molecule has 0 atom stereocenters. The van der Waals surface area contributed by atoms with Gasteiger partial charge in [0.25, 0.3) is 0 Å². The molecule has 0 spiro atoms. The minimum Gasteiger partial charge on any atom is -0.494 e. The number of carbonyl (C=O) groups is 1. The Hall–Kier alpha value is -2.27. The summed E-state index contributed by atoms with van der Waals surface area (Å²) in [5.74, 6) is 0.518. The maximum atomic E-state index is 12.3. The fraction of sp³-hybridized carbons (Fsp3) is 0.211. The third-order valence-electron chi connectivity index (χ3n) is 3.69. The molecule has 4 nitrogen and oxygen atoms in total. The van der Waals surface area contributed by atoms with Gasteiger partial charge in [-0.05, 0) is 49.7 Å². The van der Waals surface area contributed by atoms with Crippen molar-refractivity contribution >= 4 is 32.9 Å². The first-order valence-electron chi connectivity index (χ1n) is 7.66. The first-order valence-corrected chi connectivity index (χ1v) is 8.45. The Balaban J connectivity index is 1.79. The summed E-state index contributed by atoms with van der Waals surface area (Å²) in [6, 6.07) is 13.1. The standard InChI is InChI=1S/C19H17BrO4/c1-3-22-15-8-9-17-16(10-15)12(2)18(24-17)19(21)23-11-13-4-6-14(20)7-5-13/h4-10H,3,11H2,1-2H3. The van der Waals surface area contributed by atoms with Crippen LogP contribution in [-0.2, 0) is 11.3 Å². The van der Waals surface area contributed by atoms with Gasteiger partial charge in [-0.15, -0.1) is 0 Å². The number of carbonyl (C=O) groups excluding carboxylic acids is 1. The molecule has 0 unspecified atom stereocenters. The largest absolute Gasteiger partial charge is 0.494 e. The van der Waals surface area contributed by atoms with Crippen molar-refractivity contribution in [2.75, 3.05) is 6.61 Å². The van der Waals surface area contributed by atoms with Crippen LogP contribution in [0.15, 0.2) is 51.4 Å². The van der Waals surface area contributed by atoms with Crippen LogP contribution in [0.1, 0.15) is 28.6 Å². The number of aryl methyl sites for hydroxylation is 1. The van der Waals surface area contributed by atoms with E-state index in [4.69, 9.17) is 13.9 Å². The quantitative estimate of drug-likeness (QED) is 0.559. The number of halogens is 1. The highest BCUT2D eigenvalue weighted by Crippen LogP contribution is 2.29. The molecule has 1 aromatic heterocycles. The normalized spacial score (nSPS) is 10.8. The number of hydrogen-bond acceptors (Lipinski definition) is 4. The van der Waals surface area contributed by atoms with Crippen LogP contribution in [0, 0.1) is 6.92 Å². The van der Waals surface area contributed by atoms with Gasteiger partial charge in [-0.3, -0.25) is 0 Å². The van der Waals surface area contributed by atoms with Gasteiger partial charge in [0.2, 0.25) is 5.76 Å². The lowest BCUT2D eigenvalue weighted by molar-refractivity contribution is 0.0437. The van der Waals surface area contributed by atoms with Crippen LogP contribution in [-0.4, -0.2) is 12.6 Å². The lowest BCUT2D eigenvalue weighted by atomic mass is 10.1. The second-order valence-corrected chi connectivity index (χ2v) is 6.27. The van der Waals surface area contributed by atoms with Crippen molar-refractivity contribution in [1.82, 2.24) is 0 Å². The number of esters is 1. The van der Waals surface area contributed by atoms with E-state index in [0.717, 1.165) is 26.7 Å². The minimum atomic E-state index is -0.468. The maximum absolute atomic E-state index is 12.3. The van der Waals surface area contributed by atoms with Crippen molar-refractivity contribution in [2.45, 2.75) is 20.5 Å². The van der Waals surface area contributed by atoms with Crippen molar-refractivity contribution in [1.29, 1.82) is 0 Å². The van der Waals surface area contributed by atoms with Crippen LogP contribution in [0.4, 0.5) is 0 Å². The van der Waals surface area contributed by atoms with Gasteiger partial charge in [-0.1, -0.05) is 28.1 Å². The van der Waals surface area contributed by atoms with E-state index in [0.29, 0.717) is 12.2 Å². The Morgan fingerprint density at radius 3 is 2.62 bits per heavy atom. The average molecular weight is 389 g/mol. The number of fused-ring (bicyclic) bond motifs is 1. The maximum Gasteiger partial charge on any atom is 0.374 e. The molecule has 24 heavy (non-hydrogen) atoms. The number of benzene rings is 2. The topological polar surface area (TPSA) is 48.7 Å².